The Morgan fingerprint density at radius 2 is 1.00 bits per heavy atom. The smallest absolute Gasteiger partial charge is 0.526 e. The van der Waals surface area contributed by atoms with E-state index in [4.69, 9.17) is 9.31 Å². The fraction of sp³-hybridized carbons (Fsp3) is 0. The summed E-state index contributed by atoms with van der Waals surface area (Å²) in [5.41, 5.74) is 0. The Bertz CT molecular complexity index is 425. The SMILES string of the molecule is Brc1ccc(O[B]Oc2ccc(Br)cc2)cc1. The average Bonchev–Trinajstić information content (AvgIpc) is 2.34. The summed E-state index contributed by atoms with van der Waals surface area (Å²) in [6.07, 6.45) is 0. The summed E-state index contributed by atoms with van der Waals surface area (Å²) in [5.74, 6) is 1.45. The summed E-state index contributed by atoms with van der Waals surface area (Å²) in [6.45, 7) is 0. The van der Waals surface area contributed by atoms with E-state index < -0.39 is 0 Å². The van der Waals surface area contributed by atoms with Gasteiger partial charge in [-0.15, -0.1) is 0 Å². The molecule has 0 N–H and O–H groups in total. The molecule has 0 atom stereocenters. The molecule has 2 aromatic carbocycles. The molecule has 0 saturated heterocycles. The monoisotopic (exact) mass is 353 g/mol. The van der Waals surface area contributed by atoms with Crippen LogP contribution in [0.3, 0.4) is 0 Å². The molecule has 2 rings (SSSR count). The summed E-state index contributed by atoms with van der Waals surface area (Å²) < 4.78 is 12.7. The molecular weight excluding hydrogens is 347 g/mol. The average molecular weight is 355 g/mol. The largest absolute Gasteiger partial charge is 0.658 e. The highest BCUT2D eigenvalue weighted by Gasteiger charge is 2.01. The maximum absolute atomic E-state index is 5.32. The first-order valence-corrected chi connectivity index (χ1v) is 6.49. The summed E-state index contributed by atoms with van der Waals surface area (Å²) in [7, 11) is 1.31. The van der Waals surface area contributed by atoms with Crippen LogP contribution in [0.1, 0.15) is 0 Å². The van der Waals surface area contributed by atoms with Crippen LogP contribution in [-0.2, 0) is 0 Å². The lowest BCUT2D eigenvalue weighted by Crippen LogP contribution is -2.10. The Kier molecular flexibility index (Phi) is 4.51. The lowest BCUT2D eigenvalue weighted by Gasteiger charge is -2.06. The first kappa shape index (κ1) is 12.5. The summed E-state index contributed by atoms with van der Waals surface area (Å²) in [4.78, 5) is 0. The molecule has 0 aliphatic carbocycles. The van der Waals surface area contributed by atoms with E-state index in [-0.39, 0.29) is 0 Å². The van der Waals surface area contributed by atoms with Crippen molar-refractivity contribution in [2.45, 2.75) is 0 Å². The predicted octanol–water partition coefficient (Wildman–Crippen LogP) is 4.20. The first-order valence-electron chi connectivity index (χ1n) is 4.90. The lowest BCUT2D eigenvalue weighted by atomic mass is 10.3. The molecule has 0 aliphatic heterocycles. The van der Waals surface area contributed by atoms with Gasteiger partial charge in [0.05, 0.1) is 0 Å². The van der Waals surface area contributed by atoms with Gasteiger partial charge in [0, 0.05) is 8.95 Å². The highest BCUT2D eigenvalue weighted by atomic mass is 79.9. The Labute approximate surface area is 118 Å². The molecular formula is C12H8BBr2O2. The molecule has 1 radical (unpaired) electrons. The third-order valence-electron chi connectivity index (χ3n) is 2.00. The molecule has 2 nitrogen and oxygen atoms in total. The van der Waals surface area contributed by atoms with Gasteiger partial charge in [0.2, 0.25) is 0 Å². The van der Waals surface area contributed by atoms with Gasteiger partial charge in [0.1, 0.15) is 11.5 Å². The third-order valence-corrected chi connectivity index (χ3v) is 3.05. The fourth-order valence-corrected chi connectivity index (χ4v) is 1.69. The molecule has 0 saturated carbocycles. The number of halogens is 2. The first-order chi connectivity index (χ1) is 8.24. The quantitative estimate of drug-likeness (QED) is 0.766. The van der Waals surface area contributed by atoms with Crippen LogP contribution >= 0.6 is 31.9 Å². The van der Waals surface area contributed by atoms with Crippen LogP contribution in [0.2, 0.25) is 0 Å². The van der Waals surface area contributed by atoms with Crippen molar-refractivity contribution in [1.82, 2.24) is 0 Å². The third kappa shape index (κ3) is 4.09. The normalized spacial score (nSPS) is 9.76. The lowest BCUT2D eigenvalue weighted by molar-refractivity contribution is 0.459. The maximum Gasteiger partial charge on any atom is 0.658 e. The highest BCUT2D eigenvalue weighted by molar-refractivity contribution is 9.10. The Morgan fingerprint density at radius 3 is 1.35 bits per heavy atom. The molecule has 2 aromatic rings. The molecule has 85 valence electrons. The van der Waals surface area contributed by atoms with E-state index in [0.29, 0.717) is 0 Å². The minimum Gasteiger partial charge on any atom is -0.526 e. The van der Waals surface area contributed by atoms with E-state index in [9.17, 15) is 0 Å². The fourth-order valence-electron chi connectivity index (χ4n) is 1.16. The zero-order valence-electron chi connectivity index (χ0n) is 8.77. The minimum atomic E-state index is 0.727. The van der Waals surface area contributed by atoms with Crippen molar-refractivity contribution < 1.29 is 9.31 Å². The minimum absolute atomic E-state index is 0.727. The molecule has 5 heteroatoms. The van der Waals surface area contributed by atoms with E-state index in [2.05, 4.69) is 31.9 Å². The zero-order valence-corrected chi connectivity index (χ0v) is 11.9. The van der Waals surface area contributed by atoms with Gasteiger partial charge in [-0.1, -0.05) is 31.9 Å². The van der Waals surface area contributed by atoms with Crippen LogP contribution in [0.4, 0.5) is 0 Å². The van der Waals surface area contributed by atoms with Crippen LogP contribution in [0.15, 0.2) is 57.5 Å². The zero-order chi connectivity index (χ0) is 12.1. The Morgan fingerprint density at radius 1 is 0.647 bits per heavy atom. The van der Waals surface area contributed by atoms with Crippen molar-refractivity contribution >= 4 is 39.5 Å². The second-order valence-corrected chi connectivity index (χ2v) is 5.07. The van der Waals surface area contributed by atoms with Crippen molar-refractivity contribution in [3.05, 3.63) is 57.5 Å². The second-order valence-electron chi connectivity index (χ2n) is 3.24. The van der Waals surface area contributed by atoms with Crippen LogP contribution < -0.4 is 9.31 Å². The Hall–Kier alpha value is -0.935. The molecule has 0 heterocycles. The van der Waals surface area contributed by atoms with Gasteiger partial charge in [-0.25, -0.2) is 0 Å². The number of hydrogen-bond acceptors (Lipinski definition) is 2. The summed E-state index contributed by atoms with van der Waals surface area (Å²) >= 11 is 6.71. The van der Waals surface area contributed by atoms with Crippen molar-refractivity contribution in [3.8, 4) is 11.5 Å². The molecule has 0 bridgehead atoms. The van der Waals surface area contributed by atoms with Crippen LogP contribution in [0, 0.1) is 0 Å². The highest BCUT2D eigenvalue weighted by Crippen LogP contribution is 2.17. The van der Waals surface area contributed by atoms with Crippen molar-refractivity contribution in [2.75, 3.05) is 0 Å². The van der Waals surface area contributed by atoms with Crippen LogP contribution in [-0.4, -0.2) is 7.69 Å². The number of hydrogen-bond donors (Lipinski definition) is 0. The summed E-state index contributed by atoms with van der Waals surface area (Å²) in [5, 5.41) is 0. The van der Waals surface area contributed by atoms with Gasteiger partial charge in [-0.3, -0.25) is 0 Å². The van der Waals surface area contributed by atoms with Gasteiger partial charge in [0.15, 0.2) is 0 Å². The van der Waals surface area contributed by atoms with E-state index >= 15 is 0 Å². The van der Waals surface area contributed by atoms with Crippen LogP contribution in [0.25, 0.3) is 0 Å². The molecule has 0 spiro atoms. The van der Waals surface area contributed by atoms with Crippen LogP contribution in [0.5, 0.6) is 11.5 Å². The van der Waals surface area contributed by atoms with Crippen molar-refractivity contribution in [1.29, 1.82) is 0 Å². The van der Waals surface area contributed by atoms with Crippen molar-refractivity contribution in [2.24, 2.45) is 0 Å². The number of benzene rings is 2. The Balaban J connectivity index is 1.83. The van der Waals surface area contributed by atoms with Gasteiger partial charge in [0.25, 0.3) is 0 Å². The van der Waals surface area contributed by atoms with E-state index in [1.165, 1.54) is 7.69 Å². The maximum atomic E-state index is 5.32. The van der Waals surface area contributed by atoms with E-state index in [1.54, 1.807) is 0 Å². The topological polar surface area (TPSA) is 18.5 Å². The predicted molar refractivity (Wildman–Crippen MR) is 75.3 cm³/mol. The van der Waals surface area contributed by atoms with Gasteiger partial charge in [-0.05, 0) is 48.5 Å². The second kappa shape index (κ2) is 6.12. The van der Waals surface area contributed by atoms with Gasteiger partial charge in [-0.2, -0.15) is 0 Å². The molecule has 0 unspecified atom stereocenters. The molecule has 0 fully saturated rings. The molecule has 17 heavy (non-hydrogen) atoms. The van der Waals surface area contributed by atoms with E-state index in [0.717, 1.165) is 20.4 Å². The number of rotatable bonds is 4. The molecule has 0 aliphatic rings. The summed E-state index contributed by atoms with van der Waals surface area (Å²) in [6, 6.07) is 15.0. The molecule has 0 amide bonds. The van der Waals surface area contributed by atoms with E-state index in [1.807, 2.05) is 48.5 Å². The van der Waals surface area contributed by atoms with Crippen molar-refractivity contribution in [3.63, 3.8) is 0 Å². The molecule has 0 aromatic heterocycles. The van der Waals surface area contributed by atoms with Gasteiger partial charge < -0.3 is 9.31 Å². The standard InChI is InChI=1S/C12H8BBr2O2/c14-9-1-5-11(6-2-9)16-13-17-12-7-3-10(15)4-8-12/h1-8H. The van der Waals surface area contributed by atoms with Gasteiger partial charge >= 0.3 is 7.69 Å².